The van der Waals surface area contributed by atoms with Gasteiger partial charge in [0, 0.05) is 31.5 Å². The largest absolute Gasteiger partial charge is 0.349 e. The van der Waals surface area contributed by atoms with Crippen LogP contribution in [0, 0.1) is 0 Å². The Kier molecular flexibility index (Phi) is 5.69. The molecule has 0 unspecified atom stereocenters. The van der Waals surface area contributed by atoms with Gasteiger partial charge in [-0.2, -0.15) is 4.31 Å². The lowest BCUT2D eigenvalue weighted by Crippen LogP contribution is -2.30. The molecular weight excluding hydrogens is 272 g/mol. The highest BCUT2D eigenvalue weighted by atomic mass is 35.5. The lowest BCUT2D eigenvalue weighted by Gasteiger charge is -2.17. The average Bonchev–Trinajstić information content (AvgIpc) is 2.74. The van der Waals surface area contributed by atoms with Crippen LogP contribution in [0.5, 0.6) is 0 Å². The van der Waals surface area contributed by atoms with Gasteiger partial charge in [0.15, 0.2) is 0 Å². The highest BCUT2D eigenvalue weighted by molar-refractivity contribution is 7.89. The predicted molar refractivity (Wildman–Crippen MR) is 74.4 cm³/mol. The fourth-order valence-corrected chi connectivity index (χ4v) is 3.69. The molecule has 18 heavy (non-hydrogen) atoms. The molecule has 0 atom stereocenters. The summed E-state index contributed by atoms with van der Waals surface area (Å²) in [5, 5.41) is 0. The maximum absolute atomic E-state index is 12.3. The van der Waals surface area contributed by atoms with Crippen LogP contribution in [0.1, 0.15) is 32.9 Å². The quantitative estimate of drug-likeness (QED) is 0.725. The van der Waals surface area contributed by atoms with E-state index in [1.54, 1.807) is 12.3 Å². The third-order valence-electron chi connectivity index (χ3n) is 2.91. The molecule has 104 valence electrons. The zero-order valence-electron chi connectivity index (χ0n) is 11.2. The van der Waals surface area contributed by atoms with Gasteiger partial charge in [-0.25, -0.2) is 8.42 Å². The molecule has 0 bridgehead atoms. The first kappa shape index (κ1) is 15.5. The van der Waals surface area contributed by atoms with Gasteiger partial charge >= 0.3 is 0 Å². The highest BCUT2D eigenvalue weighted by Crippen LogP contribution is 2.20. The maximum Gasteiger partial charge on any atom is 0.244 e. The number of hydrogen-bond acceptors (Lipinski definition) is 2. The molecule has 0 N–H and O–H groups in total. The third kappa shape index (κ3) is 3.08. The molecule has 1 aromatic heterocycles. The van der Waals surface area contributed by atoms with Crippen LogP contribution in [0.4, 0.5) is 0 Å². The third-order valence-corrected chi connectivity index (χ3v) is 5.19. The summed E-state index contributed by atoms with van der Waals surface area (Å²) in [6.07, 6.45) is 2.64. The van der Waals surface area contributed by atoms with E-state index in [0.717, 1.165) is 18.7 Å². The highest BCUT2D eigenvalue weighted by Gasteiger charge is 2.23. The number of alkyl halides is 1. The fraction of sp³-hybridized carbons (Fsp3) is 0.667. The first-order valence-corrected chi connectivity index (χ1v) is 8.23. The molecule has 0 radical (unpaired) electrons. The maximum atomic E-state index is 12.3. The lowest BCUT2D eigenvalue weighted by molar-refractivity contribution is 0.445. The van der Waals surface area contributed by atoms with Gasteiger partial charge in [0.2, 0.25) is 10.0 Å². The molecule has 0 aliphatic heterocycles. The van der Waals surface area contributed by atoms with Gasteiger partial charge in [-0.05, 0) is 12.5 Å². The van der Waals surface area contributed by atoms with Crippen molar-refractivity contribution in [2.45, 2.75) is 44.5 Å². The second-order valence-electron chi connectivity index (χ2n) is 4.08. The summed E-state index contributed by atoms with van der Waals surface area (Å²) >= 11 is 5.85. The molecule has 4 nitrogen and oxygen atoms in total. The zero-order chi connectivity index (χ0) is 13.8. The standard InChI is InChI=1S/C12H21ClN2O2S/c1-4-7-14-10-12(8-11(14)9-13)18(16,17)15(5-2)6-3/h8,10H,4-7,9H2,1-3H3. The number of aryl methyl sites for hydroxylation is 1. The molecular formula is C12H21ClN2O2S. The fourth-order valence-electron chi connectivity index (χ4n) is 1.94. The lowest BCUT2D eigenvalue weighted by atomic mass is 10.4. The zero-order valence-corrected chi connectivity index (χ0v) is 12.8. The summed E-state index contributed by atoms with van der Waals surface area (Å²) < 4.78 is 28.1. The van der Waals surface area contributed by atoms with Crippen molar-refractivity contribution in [3.05, 3.63) is 18.0 Å². The van der Waals surface area contributed by atoms with Crippen molar-refractivity contribution >= 4 is 21.6 Å². The van der Waals surface area contributed by atoms with E-state index in [-0.39, 0.29) is 0 Å². The van der Waals surface area contributed by atoms with Crippen LogP contribution >= 0.6 is 11.6 Å². The minimum absolute atomic E-state index is 0.327. The van der Waals surface area contributed by atoms with Crippen molar-refractivity contribution in [1.29, 1.82) is 0 Å². The van der Waals surface area contributed by atoms with Crippen LogP contribution in [0.25, 0.3) is 0 Å². The van der Waals surface area contributed by atoms with Gasteiger partial charge in [-0.3, -0.25) is 0 Å². The van der Waals surface area contributed by atoms with E-state index < -0.39 is 10.0 Å². The smallest absolute Gasteiger partial charge is 0.244 e. The number of rotatable bonds is 7. The number of hydrogen-bond donors (Lipinski definition) is 0. The van der Waals surface area contributed by atoms with Crippen molar-refractivity contribution in [2.75, 3.05) is 13.1 Å². The first-order chi connectivity index (χ1) is 8.51. The van der Waals surface area contributed by atoms with E-state index in [9.17, 15) is 8.42 Å². The van der Waals surface area contributed by atoms with Crippen molar-refractivity contribution in [1.82, 2.24) is 8.87 Å². The molecule has 0 aliphatic carbocycles. The SMILES string of the molecule is CCCn1cc(S(=O)(=O)N(CC)CC)cc1CCl. The van der Waals surface area contributed by atoms with Crippen LogP contribution in [0.2, 0.25) is 0 Å². The van der Waals surface area contributed by atoms with E-state index >= 15 is 0 Å². The molecule has 0 saturated carbocycles. The summed E-state index contributed by atoms with van der Waals surface area (Å²) in [6, 6.07) is 1.68. The number of aromatic nitrogens is 1. The monoisotopic (exact) mass is 292 g/mol. The topological polar surface area (TPSA) is 42.3 Å². The Labute approximate surface area is 115 Å². The second-order valence-corrected chi connectivity index (χ2v) is 6.29. The molecule has 0 amide bonds. The number of nitrogens with zero attached hydrogens (tertiary/aromatic N) is 2. The van der Waals surface area contributed by atoms with Crippen LogP contribution in [-0.4, -0.2) is 30.4 Å². The predicted octanol–water partition coefficient (Wildman–Crippen LogP) is 2.67. The van der Waals surface area contributed by atoms with Gasteiger partial charge in [-0.1, -0.05) is 20.8 Å². The summed E-state index contributed by atoms with van der Waals surface area (Å²) in [4.78, 5) is 0.343. The minimum atomic E-state index is -3.38. The molecule has 1 rings (SSSR count). The van der Waals surface area contributed by atoms with E-state index in [1.165, 1.54) is 4.31 Å². The number of halogens is 1. The van der Waals surface area contributed by atoms with Crippen molar-refractivity contribution in [3.8, 4) is 0 Å². The van der Waals surface area contributed by atoms with Gasteiger partial charge in [0.05, 0.1) is 5.88 Å². The molecule has 6 heteroatoms. The van der Waals surface area contributed by atoms with Crippen LogP contribution in [0.3, 0.4) is 0 Å². The summed E-state index contributed by atoms with van der Waals surface area (Å²) in [5.41, 5.74) is 0.851. The number of sulfonamides is 1. The molecule has 0 aromatic carbocycles. The molecule has 0 aliphatic rings. The average molecular weight is 293 g/mol. The Morgan fingerprint density at radius 2 is 1.89 bits per heavy atom. The first-order valence-electron chi connectivity index (χ1n) is 6.26. The molecule has 1 heterocycles. The van der Waals surface area contributed by atoms with Crippen LogP contribution < -0.4 is 0 Å². The molecule has 1 aromatic rings. The second kappa shape index (κ2) is 6.59. The van der Waals surface area contributed by atoms with E-state index in [0.29, 0.717) is 23.9 Å². The summed E-state index contributed by atoms with van der Waals surface area (Å²) in [6.45, 7) is 7.48. The Bertz CT molecular complexity index is 478. The van der Waals surface area contributed by atoms with E-state index in [1.807, 2.05) is 18.4 Å². The Morgan fingerprint density at radius 3 is 2.33 bits per heavy atom. The molecule has 0 fully saturated rings. The normalized spacial score (nSPS) is 12.3. The molecule has 0 saturated heterocycles. The van der Waals surface area contributed by atoms with Crippen molar-refractivity contribution in [2.24, 2.45) is 0 Å². The van der Waals surface area contributed by atoms with Gasteiger partial charge in [0.25, 0.3) is 0 Å². The Balaban J connectivity index is 3.17. The van der Waals surface area contributed by atoms with E-state index in [2.05, 4.69) is 6.92 Å². The van der Waals surface area contributed by atoms with Gasteiger partial charge < -0.3 is 4.57 Å². The Hall–Kier alpha value is -0.520. The summed E-state index contributed by atoms with van der Waals surface area (Å²) in [7, 11) is -3.38. The van der Waals surface area contributed by atoms with Crippen molar-refractivity contribution in [3.63, 3.8) is 0 Å². The molecule has 0 spiro atoms. The van der Waals surface area contributed by atoms with E-state index in [4.69, 9.17) is 11.6 Å². The van der Waals surface area contributed by atoms with Gasteiger partial charge in [0.1, 0.15) is 4.90 Å². The Morgan fingerprint density at radius 1 is 1.28 bits per heavy atom. The summed E-state index contributed by atoms with van der Waals surface area (Å²) in [5.74, 6) is 0.327. The van der Waals surface area contributed by atoms with Crippen LogP contribution in [0.15, 0.2) is 17.2 Å². The van der Waals surface area contributed by atoms with Gasteiger partial charge in [-0.15, -0.1) is 11.6 Å². The minimum Gasteiger partial charge on any atom is -0.349 e. The van der Waals surface area contributed by atoms with Crippen molar-refractivity contribution < 1.29 is 8.42 Å². The van der Waals surface area contributed by atoms with Crippen LogP contribution in [-0.2, 0) is 22.4 Å².